The Bertz CT molecular complexity index is 760. The molecule has 9 heteroatoms. The SMILES string of the molecule is CNc1nnc(SCC(=O)N(Cc2ccc(N(C)C)cc2)C[C@@H]2CCCO2)s1. The highest BCUT2D eigenvalue weighted by Crippen LogP contribution is 2.26. The first kappa shape index (κ1) is 20.9. The molecule has 7 nitrogen and oxygen atoms in total. The third-order valence-electron chi connectivity index (χ3n) is 4.57. The summed E-state index contributed by atoms with van der Waals surface area (Å²) >= 11 is 2.89. The summed E-state index contributed by atoms with van der Waals surface area (Å²) in [4.78, 5) is 16.9. The second-order valence-electron chi connectivity index (χ2n) is 6.88. The minimum absolute atomic E-state index is 0.0957. The maximum absolute atomic E-state index is 12.9. The Morgan fingerprint density at radius 1 is 1.32 bits per heavy atom. The molecule has 152 valence electrons. The normalized spacial score (nSPS) is 16.2. The quantitative estimate of drug-likeness (QED) is 0.624. The molecule has 2 heterocycles. The lowest BCUT2D eigenvalue weighted by atomic mass is 10.1. The van der Waals surface area contributed by atoms with Gasteiger partial charge < -0.3 is 19.9 Å². The molecule has 1 atom stereocenters. The summed E-state index contributed by atoms with van der Waals surface area (Å²) in [5.41, 5.74) is 2.27. The van der Waals surface area contributed by atoms with Crippen LogP contribution in [-0.4, -0.2) is 67.2 Å². The number of rotatable bonds is 9. The second-order valence-corrected chi connectivity index (χ2v) is 9.08. The summed E-state index contributed by atoms with van der Waals surface area (Å²) < 4.78 is 6.56. The smallest absolute Gasteiger partial charge is 0.233 e. The number of aromatic nitrogens is 2. The molecule has 1 saturated heterocycles. The van der Waals surface area contributed by atoms with Crippen LogP contribution in [0.1, 0.15) is 18.4 Å². The molecule has 3 rings (SSSR count). The maximum Gasteiger partial charge on any atom is 0.233 e. The Morgan fingerprint density at radius 3 is 2.71 bits per heavy atom. The highest BCUT2D eigenvalue weighted by molar-refractivity contribution is 8.01. The van der Waals surface area contributed by atoms with Gasteiger partial charge in [0.15, 0.2) is 4.34 Å². The highest BCUT2D eigenvalue weighted by atomic mass is 32.2. The fourth-order valence-electron chi connectivity index (χ4n) is 2.99. The molecular weight excluding hydrogens is 394 g/mol. The summed E-state index contributed by atoms with van der Waals surface area (Å²) in [5.74, 6) is 0.444. The van der Waals surface area contributed by atoms with E-state index in [4.69, 9.17) is 4.74 Å². The van der Waals surface area contributed by atoms with Crippen LogP contribution in [0.25, 0.3) is 0 Å². The summed E-state index contributed by atoms with van der Waals surface area (Å²) in [6.45, 7) is 2.01. The van der Waals surface area contributed by atoms with Crippen molar-refractivity contribution in [2.24, 2.45) is 0 Å². The zero-order valence-corrected chi connectivity index (χ0v) is 18.2. The predicted octanol–water partition coefficient (Wildman–Crippen LogP) is 2.95. The Morgan fingerprint density at radius 2 is 2.11 bits per heavy atom. The molecular formula is C19H27N5O2S2. The van der Waals surface area contributed by atoms with Crippen molar-refractivity contribution < 1.29 is 9.53 Å². The molecule has 1 aliphatic heterocycles. The van der Waals surface area contributed by atoms with E-state index in [0.717, 1.165) is 40.2 Å². The number of nitrogens with zero attached hydrogens (tertiary/aromatic N) is 4. The van der Waals surface area contributed by atoms with Gasteiger partial charge in [-0.25, -0.2) is 0 Å². The minimum Gasteiger partial charge on any atom is -0.378 e. The van der Waals surface area contributed by atoms with Gasteiger partial charge in [-0.2, -0.15) is 0 Å². The van der Waals surface area contributed by atoms with E-state index in [1.54, 1.807) is 0 Å². The van der Waals surface area contributed by atoms with Crippen LogP contribution in [0.5, 0.6) is 0 Å². The van der Waals surface area contributed by atoms with E-state index in [0.29, 0.717) is 18.8 Å². The van der Waals surface area contributed by atoms with Crippen molar-refractivity contribution in [2.75, 3.05) is 50.3 Å². The predicted molar refractivity (Wildman–Crippen MR) is 115 cm³/mol. The molecule has 28 heavy (non-hydrogen) atoms. The molecule has 1 aliphatic rings. The molecule has 0 aliphatic carbocycles. The zero-order valence-electron chi connectivity index (χ0n) is 16.6. The fraction of sp³-hybridized carbons (Fsp3) is 0.526. The van der Waals surface area contributed by atoms with E-state index in [9.17, 15) is 4.79 Å². The van der Waals surface area contributed by atoms with E-state index >= 15 is 0 Å². The largest absolute Gasteiger partial charge is 0.378 e. The molecule has 0 unspecified atom stereocenters. The van der Waals surface area contributed by atoms with E-state index in [2.05, 4.69) is 44.7 Å². The first-order valence-electron chi connectivity index (χ1n) is 9.35. The zero-order chi connectivity index (χ0) is 19.9. The number of benzene rings is 1. The van der Waals surface area contributed by atoms with Crippen molar-refractivity contribution in [1.82, 2.24) is 15.1 Å². The molecule has 1 aromatic carbocycles. The van der Waals surface area contributed by atoms with Crippen molar-refractivity contribution in [1.29, 1.82) is 0 Å². The molecule has 0 radical (unpaired) electrons. The number of hydrogen-bond donors (Lipinski definition) is 1. The number of nitrogens with one attached hydrogen (secondary N) is 1. The van der Waals surface area contributed by atoms with Crippen LogP contribution in [0.15, 0.2) is 28.6 Å². The molecule has 2 aromatic rings. The van der Waals surface area contributed by atoms with Crippen molar-refractivity contribution >= 4 is 39.8 Å². The Kier molecular flexibility index (Phi) is 7.52. The van der Waals surface area contributed by atoms with Crippen LogP contribution in [0, 0.1) is 0 Å². The topological polar surface area (TPSA) is 70.6 Å². The fourth-order valence-corrected chi connectivity index (χ4v) is 4.60. The molecule has 1 aromatic heterocycles. The van der Waals surface area contributed by atoms with Gasteiger partial charge in [-0.3, -0.25) is 4.79 Å². The first-order valence-corrected chi connectivity index (χ1v) is 11.1. The molecule has 0 spiro atoms. The van der Waals surface area contributed by atoms with Gasteiger partial charge in [0.2, 0.25) is 11.0 Å². The lowest BCUT2D eigenvalue weighted by molar-refractivity contribution is -0.130. The summed E-state index contributed by atoms with van der Waals surface area (Å²) in [5, 5.41) is 11.8. The number of anilines is 2. The van der Waals surface area contributed by atoms with Gasteiger partial charge in [-0.05, 0) is 30.5 Å². The van der Waals surface area contributed by atoms with Crippen molar-refractivity contribution in [3.05, 3.63) is 29.8 Å². The number of thioether (sulfide) groups is 1. The van der Waals surface area contributed by atoms with Crippen LogP contribution in [0.2, 0.25) is 0 Å². The first-order chi connectivity index (χ1) is 13.5. The van der Waals surface area contributed by atoms with Crippen LogP contribution >= 0.6 is 23.1 Å². The number of hydrogen-bond acceptors (Lipinski definition) is 8. The van der Waals surface area contributed by atoms with Gasteiger partial charge in [-0.15, -0.1) is 10.2 Å². The van der Waals surface area contributed by atoms with Gasteiger partial charge in [0.05, 0.1) is 11.9 Å². The number of carbonyl (C=O) groups excluding carboxylic acids is 1. The van der Waals surface area contributed by atoms with Crippen LogP contribution in [-0.2, 0) is 16.1 Å². The third kappa shape index (κ3) is 5.83. The maximum atomic E-state index is 12.9. The molecule has 1 fully saturated rings. The average Bonchev–Trinajstić information content (AvgIpc) is 3.37. The Labute approximate surface area is 174 Å². The van der Waals surface area contributed by atoms with E-state index < -0.39 is 0 Å². The van der Waals surface area contributed by atoms with Crippen molar-refractivity contribution in [3.63, 3.8) is 0 Å². The summed E-state index contributed by atoms with van der Waals surface area (Å²) in [7, 11) is 5.85. The second kappa shape index (κ2) is 10.1. The number of ether oxygens (including phenoxy) is 1. The summed E-state index contributed by atoms with van der Waals surface area (Å²) in [6.07, 6.45) is 2.21. The van der Waals surface area contributed by atoms with E-state index in [-0.39, 0.29) is 12.0 Å². The third-order valence-corrected chi connectivity index (χ3v) is 6.63. The molecule has 1 amide bonds. The van der Waals surface area contributed by atoms with Crippen molar-refractivity contribution in [3.8, 4) is 0 Å². The number of amides is 1. The van der Waals surface area contributed by atoms with Gasteiger partial charge in [-0.1, -0.05) is 35.2 Å². The monoisotopic (exact) mass is 421 g/mol. The van der Waals surface area contributed by atoms with Gasteiger partial charge >= 0.3 is 0 Å². The molecule has 0 saturated carbocycles. The Balaban J connectivity index is 1.63. The lowest BCUT2D eigenvalue weighted by Gasteiger charge is -2.26. The highest BCUT2D eigenvalue weighted by Gasteiger charge is 2.23. The van der Waals surface area contributed by atoms with E-state index in [1.165, 1.54) is 23.1 Å². The van der Waals surface area contributed by atoms with Crippen LogP contribution in [0.4, 0.5) is 10.8 Å². The molecule has 0 bridgehead atoms. The lowest BCUT2D eigenvalue weighted by Crippen LogP contribution is -2.38. The minimum atomic E-state index is 0.0957. The van der Waals surface area contributed by atoms with Crippen LogP contribution in [0.3, 0.4) is 0 Å². The van der Waals surface area contributed by atoms with E-state index in [1.807, 2.05) is 26.0 Å². The molecule has 1 N–H and O–H groups in total. The summed E-state index contributed by atoms with van der Waals surface area (Å²) in [6, 6.07) is 8.34. The van der Waals surface area contributed by atoms with Gasteiger partial charge in [0.1, 0.15) is 0 Å². The van der Waals surface area contributed by atoms with Gasteiger partial charge in [0, 0.05) is 46.5 Å². The van der Waals surface area contributed by atoms with Crippen molar-refractivity contribution in [2.45, 2.75) is 29.8 Å². The van der Waals surface area contributed by atoms with Crippen LogP contribution < -0.4 is 10.2 Å². The number of carbonyl (C=O) groups is 1. The Hall–Kier alpha value is -1.84. The standard InChI is InChI=1S/C19H27N5O2S2/c1-20-18-21-22-19(28-18)27-13-17(25)24(12-16-5-4-10-26-16)11-14-6-8-15(9-7-14)23(2)3/h6-9,16H,4-5,10-13H2,1-3H3,(H,20,21)/t16-/m0/s1. The van der Waals surface area contributed by atoms with Gasteiger partial charge in [0.25, 0.3) is 0 Å². The average molecular weight is 422 g/mol.